The SMILES string of the molecule is CCCCS(=O)(=O)N1CCN(C(=O)NC2CCCC2)CC1. The first-order valence-corrected chi connectivity index (χ1v) is 9.67. The Morgan fingerprint density at radius 3 is 2.33 bits per heavy atom. The van der Waals surface area contributed by atoms with E-state index in [-0.39, 0.29) is 11.8 Å². The Kier molecular flexibility index (Phi) is 5.87. The highest BCUT2D eigenvalue weighted by Gasteiger charge is 2.29. The summed E-state index contributed by atoms with van der Waals surface area (Å²) < 4.78 is 25.7. The number of sulfonamides is 1. The second-order valence-electron chi connectivity index (χ2n) is 5.99. The van der Waals surface area contributed by atoms with Crippen LogP contribution in [0, 0.1) is 0 Å². The molecule has 2 fully saturated rings. The van der Waals surface area contributed by atoms with Crippen molar-refractivity contribution in [1.82, 2.24) is 14.5 Å². The molecule has 7 heteroatoms. The van der Waals surface area contributed by atoms with Crippen LogP contribution in [0.4, 0.5) is 4.79 Å². The molecule has 1 aliphatic carbocycles. The largest absolute Gasteiger partial charge is 0.335 e. The topological polar surface area (TPSA) is 69.7 Å². The monoisotopic (exact) mass is 317 g/mol. The number of carbonyl (C=O) groups is 1. The molecule has 0 unspecified atom stereocenters. The van der Waals surface area contributed by atoms with Gasteiger partial charge in [0.25, 0.3) is 0 Å². The van der Waals surface area contributed by atoms with Crippen molar-refractivity contribution in [3.63, 3.8) is 0 Å². The van der Waals surface area contributed by atoms with E-state index in [0.29, 0.717) is 38.6 Å². The normalized spacial score (nSPS) is 21.7. The average Bonchev–Trinajstić information content (AvgIpc) is 2.98. The molecule has 0 aromatic rings. The first-order chi connectivity index (χ1) is 10.0. The molecule has 1 heterocycles. The maximum Gasteiger partial charge on any atom is 0.317 e. The molecule has 6 nitrogen and oxygen atoms in total. The Labute approximate surface area is 127 Å². The summed E-state index contributed by atoms with van der Waals surface area (Å²) in [4.78, 5) is 13.9. The van der Waals surface area contributed by atoms with Gasteiger partial charge in [0.1, 0.15) is 0 Å². The number of nitrogens with one attached hydrogen (secondary N) is 1. The van der Waals surface area contributed by atoms with Crippen molar-refractivity contribution >= 4 is 16.1 Å². The minimum absolute atomic E-state index is 0.0347. The van der Waals surface area contributed by atoms with Gasteiger partial charge in [-0.2, -0.15) is 4.31 Å². The van der Waals surface area contributed by atoms with E-state index in [1.54, 1.807) is 4.90 Å². The van der Waals surface area contributed by atoms with Crippen LogP contribution in [0.1, 0.15) is 45.4 Å². The summed E-state index contributed by atoms with van der Waals surface area (Å²) in [6.45, 7) is 3.81. The lowest BCUT2D eigenvalue weighted by atomic mass is 10.2. The van der Waals surface area contributed by atoms with Crippen molar-refractivity contribution in [2.45, 2.75) is 51.5 Å². The van der Waals surface area contributed by atoms with Gasteiger partial charge in [-0.05, 0) is 19.3 Å². The van der Waals surface area contributed by atoms with Crippen molar-refractivity contribution in [2.75, 3.05) is 31.9 Å². The molecule has 0 radical (unpaired) electrons. The molecule has 0 aromatic carbocycles. The number of carbonyl (C=O) groups excluding carboxylic acids is 1. The molecule has 2 aliphatic rings. The highest BCUT2D eigenvalue weighted by atomic mass is 32.2. The van der Waals surface area contributed by atoms with Gasteiger partial charge in [0.2, 0.25) is 10.0 Å². The molecule has 1 saturated carbocycles. The van der Waals surface area contributed by atoms with Crippen LogP contribution in [0.5, 0.6) is 0 Å². The number of nitrogens with zero attached hydrogens (tertiary/aromatic N) is 2. The van der Waals surface area contributed by atoms with Crippen molar-refractivity contribution < 1.29 is 13.2 Å². The molecule has 122 valence electrons. The molecule has 2 amide bonds. The predicted molar refractivity (Wildman–Crippen MR) is 82.6 cm³/mol. The number of piperazine rings is 1. The van der Waals surface area contributed by atoms with E-state index in [0.717, 1.165) is 19.3 Å². The van der Waals surface area contributed by atoms with Gasteiger partial charge < -0.3 is 10.2 Å². The van der Waals surface area contributed by atoms with Crippen LogP contribution in [0.15, 0.2) is 0 Å². The zero-order valence-corrected chi connectivity index (χ0v) is 13.7. The molecule has 0 aromatic heterocycles. The number of unbranched alkanes of at least 4 members (excludes halogenated alkanes) is 1. The zero-order valence-electron chi connectivity index (χ0n) is 12.9. The first kappa shape index (κ1) is 16.5. The Morgan fingerprint density at radius 1 is 1.14 bits per heavy atom. The second-order valence-corrected chi connectivity index (χ2v) is 8.08. The fourth-order valence-electron chi connectivity index (χ4n) is 2.96. The summed E-state index contributed by atoms with van der Waals surface area (Å²) in [6, 6.07) is 0.274. The summed E-state index contributed by atoms with van der Waals surface area (Å²) in [7, 11) is -3.14. The lowest BCUT2D eigenvalue weighted by Gasteiger charge is -2.34. The van der Waals surface area contributed by atoms with Crippen molar-refractivity contribution in [1.29, 1.82) is 0 Å². The third-order valence-electron chi connectivity index (χ3n) is 4.36. The van der Waals surface area contributed by atoms with Gasteiger partial charge in [0.05, 0.1) is 5.75 Å². The first-order valence-electron chi connectivity index (χ1n) is 8.06. The number of urea groups is 1. The molecule has 0 atom stereocenters. The van der Waals surface area contributed by atoms with E-state index in [2.05, 4.69) is 5.32 Å². The third-order valence-corrected chi connectivity index (χ3v) is 6.31. The Hall–Kier alpha value is -0.820. The van der Waals surface area contributed by atoms with E-state index >= 15 is 0 Å². The predicted octanol–water partition coefficient (Wildman–Crippen LogP) is 1.39. The lowest BCUT2D eigenvalue weighted by molar-refractivity contribution is 0.169. The molecule has 0 bridgehead atoms. The van der Waals surface area contributed by atoms with Crippen molar-refractivity contribution in [2.24, 2.45) is 0 Å². The Bertz CT molecular complexity index is 438. The fraction of sp³-hybridized carbons (Fsp3) is 0.929. The molecule has 1 aliphatic heterocycles. The van der Waals surface area contributed by atoms with Crippen LogP contribution in [-0.2, 0) is 10.0 Å². The van der Waals surface area contributed by atoms with E-state index < -0.39 is 10.0 Å². The summed E-state index contributed by atoms with van der Waals surface area (Å²) in [5.41, 5.74) is 0. The highest BCUT2D eigenvalue weighted by molar-refractivity contribution is 7.89. The van der Waals surface area contributed by atoms with Gasteiger partial charge in [-0.3, -0.25) is 0 Å². The highest BCUT2D eigenvalue weighted by Crippen LogP contribution is 2.18. The molecule has 2 rings (SSSR count). The molecule has 1 saturated heterocycles. The lowest BCUT2D eigenvalue weighted by Crippen LogP contribution is -2.54. The van der Waals surface area contributed by atoms with Crippen molar-refractivity contribution in [3.8, 4) is 0 Å². The van der Waals surface area contributed by atoms with Crippen LogP contribution in [0.2, 0.25) is 0 Å². The van der Waals surface area contributed by atoms with E-state index in [1.165, 1.54) is 17.1 Å². The Balaban J connectivity index is 1.78. The maximum atomic E-state index is 12.1. The van der Waals surface area contributed by atoms with Gasteiger partial charge >= 0.3 is 6.03 Å². The number of hydrogen-bond acceptors (Lipinski definition) is 3. The number of hydrogen-bond donors (Lipinski definition) is 1. The van der Waals surface area contributed by atoms with Crippen LogP contribution in [0.25, 0.3) is 0 Å². The van der Waals surface area contributed by atoms with Gasteiger partial charge in [0.15, 0.2) is 0 Å². The summed E-state index contributed by atoms with van der Waals surface area (Å²) in [5.74, 6) is 0.220. The van der Waals surface area contributed by atoms with Gasteiger partial charge in [-0.25, -0.2) is 13.2 Å². The van der Waals surface area contributed by atoms with Crippen LogP contribution >= 0.6 is 0 Å². The average molecular weight is 317 g/mol. The number of rotatable bonds is 5. The zero-order chi connectivity index (χ0) is 15.3. The van der Waals surface area contributed by atoms with Gasteiger partial charge in [0, 0.05) is 32.2 Å². The van der Waals surface area contributed by atoms with Gasteiger partial charge in [-0.1, -0.05) is 26.2 Å². The van der Waals surface area contributed by atoms with Gasteiger partial charge in [-0.15, -0.1) is 0 Å². The molecular weight excluding hydrogens is 290 g/mol. The second kappa shape index (κ2) is 7.45. The molecule has 0 spiro atoms. The van der Waals surface area contributed by atoms with Crippen LogP contribution in [-0.4, -0.2) is 61.6 Å². The summed E-state index contributed by atoms with van der Waals surface area (Å²) in [5, 5.41) is 3.06. The van der Waals surface area contributed by atoms with E-state index in [1.807, 2.05) is 6.92 Å². The Morgan fingerprint density at radius 2 is 1.76 bits per heavy atom. The summed E-state index contributed by atoms with van der Waals surface area (Å²) >= 11 is 0. The minimum atomic E-state index is -3.14. The standard InChI is InChI=1S/C14H27N3O3S/c1-2-3-12-21(19,20)17-10-8-16(9-11-17)14(18)15-13-6-4-5-7-13/h13H,2-12H2,1H3,(H,15,18). The summed E-state index contributed by atoms with van der Waals surface area (Å²) in [6.07, 6.45) is 6.09. The smallest absolute Gasteiger partial charge is 0.317 e. The molecular formula is C14H27N3O3S. The molecule has 21 heavy (non-hydrogen) atoms. The van der Waals surface area contributed by atoms with E-state index in [9.17, 15) is 13.2 Å². The van der Waals surface area contributed by atoms with Crippen LogP contribution < -0.4 is 5.32 Å². The number of amides is 2. The molecule has 1 N–H and O–H groups in total. The third kappa shape index (κ3) is 4.57. The quantitative estimate of drug-likeness (QED) is 0.833. The maximum absolute atomic E-state index is 12.1. The minimum Gasteiger partial charge on any atom is -0.335 e. The fourth-order valence-corrected chi connectivity index (χ4v) is 4.59. The van der Waals surface area contributed by atoms with Crippen molar-refractivity contribution in [3.05, 3.63) is 0 Å². The van der Waals surface area contributed by atoms with E-state index in [4.69, 9.17) is 0 Å². The van der Waals surface area contributed by atoms with Crippen LogP contribution in [0.3, 0.4) is 0 Å².